The van der Waals surface area contributed by atoms with E-state index in [1.807, 2.05) is 0 Å². The van der Waals surface area contributed by atoms with Gasteiger partial charge in [-0.3, -0.25) is 4.39 Å². The van der Waals surface area contributed by atoms with Crippen molar-refractivity contribution < 1.29 is 4.39 Å². The van der Waals surface area contributed by atoms with Crippen LogP contribution in [0.5, 0.6) is 0 Å². The lowest BCUT2D eigenvalue weighted by atomic mass is 10.3. The molecule has 0 unspecified atom stereocenters. The normalized spacial score (nSPS) is 10.5. The number of nitrogens with one attached hydrogen (secondary N) is 1. The van der Waals surface area contributed by atoms with Crippen molar-refractivity contribution in [3.63, 3.8) is 0 Å². The molecule has 0 atom stereocenters. The van der Waals surface area contributed by atoms with Crippen LogP contribution in [-0.4, -0.2) is 13.2 Å². The van der Waals surface area contributed by atoms with E-state index in [4.69, 9.17) is 0 Å². The van der Waals surface area contributed by atoms with E-state index in [0.29, 0.717) is 6.42 Å². The number of rotatable bonds is 5. The summed E-state index contributed by atoms with van der Waals surface area (Å²) >= 11 is 5.06. The first-order valence-electron chi connectivity index (χ1n) is 3.82. The highest BCUT2D eigenvalue weighted by atomic mass is 79.9. The van der Waals surface area contributed by atoms with Crippen molar-refractivity contribution in [3.05, 3.63) is 20.8 Å². The molecule has 1 nitrogen and oxygen atoms in total. The van der Waals surface area contributed by atoms with Gasteiger partial charge in [-0.1, -0.05) is 0 Å². The van der Waals surface area contributed by atoms with Crippen LogP contribution in [-0.2, 0) is 6.54 Å². The average Bonchev–Trinajstić information content (AvgIpc) is 2.45. The molecule has 0 fully saturated rings. The van der Waals surface area contributed by atoms with Crippen molar-refractivity contribution >= 4 is 27.3 Å². The van der Waals surface area contributed by atoms with Crippen molar-refractivity contribution in [1.29, 1.82) is 0 Å². The molecule has 0 aliphatic heterocycles. The van der Waals surface area contributed by atoms with Gasteiger partial charge in [0.1, 0.15) is 0 Å². The molecular weight excluding hydrogens is 241 g/mol. The highest BCUT2D eigenvalue weighted by Gasteiger charge is 1.95. The van der Waals surface area contributed by atoms with Crippen LogP contribution < -0.4 is 5.32 Å². The van der Waals surface area contributed by atoms with Gasteiger partial charge >= 0.3 is 0 Å². The summed E-state index contributed by atoms with van der Waals surface area (Å²) in [6.45, 7) is 1.35. The van der Waals surface area contributed by atoms with Crippen molar-refractivity contribution in [2.24, 2.45) is 0 Å². The molecule has 0 saturated heterocycles. The Labute approximate surface area is 84.1 Å². The summed E-state index contributed by atoms with van der Waals surface area (Å²) in [5.74, 6) is 0. The minimum Gasteiger partial charge on any atom is -0.313 e. The Bertz CT molecular complexity index is 227. The zero-order valence-electron chi connectivity index (χ0n) is 6.65. The van der Waals surface area contributed by atoms with Gasteiger partial charge in [-0.05, 0) is 45.9 Å². The first kappa shape index (κ1) is 10.2. The van der Waals surface area contributed by atoms with Gasteiger partial charge in [0, 0.05) is 6.54 Å². The second-order valence-corrected chi connectivity index (χ2v) is 4.77. The van der Waals surface area contributed by atoms with Crippen molar-refractivity contribution in [2.75, 3.05) is 13.2 Å². The highest BCUT2D eigenvalue weighted by Crippen LogP contribution is 2.20. The van der Waals surface area contributed by atoms with Gasteiger partial charge in [0.2, 0.25) is 0 Å². The summed E-state index contributed by atoms with van der Waals surface area (Å²) in [5, 5.41) is 5.25. The van der Waals surface area contributed by atoms with E-state index in [-0.39, 0.29) is 6.67 Å². The lowest BCUT2D eigenvalue weighted by molar-refractivity contribution is 0.459. The fraction of sp³-hybridized carbons (Fsp3) is 0.500. The van der Waals surface area contributed by atoms with Crippen LogP contribution >= 0.6 is 27.3 Å². The first-order valence-corrected chi connectivity index (χ1v) is 5.50. The number of alkyl halides is 1. The molecule has 4 heteroatoms. The first-order chi connectivity index (χ1) is 5.83. The summed E-state index contributed by atoms with van der Waals surface area (Å²) in [7, 11) is 0. The maximum Gasteiger partial charge on any atom is 0.0906 e. The largest absolute Gasteiger partial charge is 0.313 e. The van der Waals surface area contributed by atoms with Crippen LogP contribution in [0, 0.1) is 0 Å². The summed E-state index contributed by atoms with van der Waals surface area (Å²) in [6, 6.07) is 2.08. The molecule has 0 bridgehead atoms. The molecule has 1 aromatic heterocycles. The third kappa shape index (κ3) is 3.65. The molecule has 1 N–H and O–H groups in total. The Kier molecular flexibility index (Phi) is 4.80. The molecule has 0 aliphatic carbocycles. The molecule has 0 amide bonds. The molecule has 68 valence electrons. The van der Waals surface area contributed by atoms with E-state index in [9.17, 15) is 4.39 Å². The second kappa shape index (κ2) is 5.67. The fourth-order valence-electron chi connectivity index (χ4n) is 0.863. The quantitative estimate of drug-likeness (QED) is 0.794. The van der Waals surface area contributed by atoms with Gasteiger partial charge in [-0.25, -0.2) is 0 Å². The van der Waals surface area contributed by atoms with Crippen LogP contribution in [0.15, 0.2) is 15.2 Å². The summed E-state index contributed by atoms with van der Waals surface area (Å²) in [5.41, 5.74) is 1.26. The fourth-order valence-corrected chi connectivity index (χ4v) is 2.07. The van der Waals surface area contributed by atoms with Gasteiger partial charge in [-0.2, -0.15) is 0 Å². The third-order valence-electron chi connectivity index (χ3n) is 1.44. The minimum atomic E-state index is -0.236. The maximum absolute atomic E-state index is 11.7. The topological polar surface area (TPSA) is 12.0 Å². The van der Waals surface area contributed by atoms with E-state index in [2.05, 4.69) is 32.7 Å². The molecule has 1 heterocycles. The Morgan fingerprint density at radius 1 is 1.58 bits per heavy atom. The molecule has 0 radical (unpaired) electrons. The second-order valence-electron chi connectivity index (χ2n) is 2.48. The summed E-state index contributed by atoms with van der Waals surface area (Å²) < 4.78 is 12.8. The average molecular weight is 252 g/mol. The zero-order valence-corrected chi connectivity index (χ0v) is 9.05. The van der Waals surface area contributed by atoms with Crippen molar-refractivity contribution in [1.82, 2.24) is 5.32 Å². The molecule has 1 rings (SSSR count). The van der Waals surface area contributed by atoms with Gasteiger partial charge in [-0.15, -0.1) is 11.3 Å². The van der Waals surface area contributed by atoms with Crippen LogP contribution in [0.4, 0.5) is 4.39 Å². The minimum absolute atomic E-state index is 0.236. The Balaban J connectivity index is 2.15. The molecule has 0 saturated carbocycles. The monoisotopic (exact) mass is 251 g/mol. The van der Waals surface area contributed by atoms with E-state index in [1.54, 1.807) is 11.3 Å². The molecule has 0 aliphatic rings. The van der Waals surface area contributed by atoms with E-state index in [1.165, 1.54) is 5.56 Å². The maximum atomic E-state index is 11.7. The molecule has 0 aromatic carbocycles. The van der Waals surface area contributed by atoms with Crippen LogP contribution in [0.25, 0.3) is 0 Å². The van der Waals surface area contributed by atoms with Crippen molar-refractivity contribution in [2.45, 2.75) is 13.0 Å². The van der Waals surface area contributed by atoms with Gasteiger partial charge in [0.15, 0.2) is 0 Å². The van der Waals surface area contributed by atoms with Gasteiger partial charge in [0.25, 0.3) is 0 Å². The Hall–Kier alpha value is 0.0700. The molecule has 12 heavy (non-hydrogen) atoms. The Morgan fingerprint density at radius 2 is 2.42 bits per heavy atom. The van der Waals surface area contributed by atoms with Crippen LogP contribution in [0.1, 0.15) is 12.0 Å². The standard InChI is InChI=1S/C8H11BrFNS/c9-8-4-7(6-12-8)5-11-3-1-2-10/h4,6,11H,1-3,5H2. The predicted molar refractivity (Wildman–Crippen MR) is 54.3 cm³/mol. The van der Waals surface area contributed by atoms with Crippen molar-refractivity contribution in [3.8, 4) is 0 Å². The van der Waals surface area contributed by atoms with Crippen LogP contribution in [0.2, 0.25) is 0 Å². The van der Waals surface area contributed by atoms with Gasteiger partial charge in [0.05, 0.1) is 10.5 Å². The third-order valence-corrected chi connectivity index (χ3v) is 2.99. The smallest absolute Gasteiger partial charge is 0.0906 e. The van der Waals surface area contributed by atoms with E-state index >= 15 is 0 Å². The summed E-state index contributed by atoms with van der Waals surface area (Å²) in [6.07, 6.45) is 0.602. The molecule has 1 aromatic rings. The van der Waals surface area contributed by atoms with Gasteiger partial charge < -0.3 is 5.32 Å². The summed E-state index contributed by atoms with van der Waals surface area (Å²) in [4.78, 5) is 0. The number of halogens is 2. The van der Waals surface area contributed by atoms with Crippen LogP contribution in [0.3, 0.4) is 0 Å². The lowest BCUT2D eigenvalue weighted by Gasteiger charge is -1.99. The SMILES string of the molecule is FCCCNCc1csc(Br)c1. The number of thiophene rings is 1. The lowest BCUT2D eigenvalue weighted by Crippen LogP contribution is -2.14. The zero-order chi connectivity index (χ0) is 8.81. The van der Waals surface area contributed by atoms with E-state index < -0.39 is 0 Å². The number of hydrogen-bond acceptors (Lipinski definition) is 2. The predicted octanol–water partition coefficient (Wildman–Crippen LogP) is 2.96. The molecule has 0 spiro atoms. The number of hydrogen-bond donors (Lipinski definition) is 1. The van der Waals surface area contributed by atoms with E-state index in [0.717, 1.165) is 16.9 Å². The molecular formula is C8H11BrFNS. The Morgan fingerprint density at radius 3 is 3.00 bits per heavy atom. The highest BCUT2D eigenvalue weighted by molar-refractivity contribution is 9.11.